The van der Waals surface area contributed by atoms with Gasteiger partial charge in [-0.25, -0.2) is 13.8 Å². The first kappa shape index (κ1) is 29.9. The van der Waals surface area contributed by atoms with E-state index < -0.39 is 66.3 Å². The SMILES string of the molecule is Cc1cn([C@@H]2O[C@H](COC(=O)c3ccccc3)C3(OS(=O)(=O)C=C3N)[C@H]2O[Si](C)(C)C(C)(C)C)c(=O)n(C)c1=O. The number of carbonyl (C=O) groups excluding carboxylic acids is 1. The molecule has 40 heavy (non-hydrogen) atoms. The predicted molar refractivity (Wildman–Crippen MR) is 148 cm³/mol. The Bertz CT molecular complexity index is 1570. The fraction of sp³-hybridized carbons (Fsp3) is 0.500. The van der Waals surface area contributed by atoms with Crippen molar-refractivity contribution >= 4 is 24.4 Å². The summed E-state index contributed by atoms with van der Waals surface area (Å²) in [6, 6.07) is 8.22. The van der Waals surface area contributed by atoms with Crippen LogP contribution in [0.1, 0.15) is 42.9 Å². The van der Waals surface area contributed by atoms with Crippen molar-refractivity contribution in [1.29, 1.82) is 0 Å². The van der Waals surface area contributed by atoms with E-state index in [1.54, 1.807) is 30.3 Å². The molecule has 2 N–H and O–H groups in total. The molecule has 2 aliphatic heterocycles. The average Bonchev–Trinajstić information content (AvgIpc) is 3.29. The lowest BCUT2D eigenvalue weighted by Gasteiger charge is -2.43. The first-order chi connectivity index (χ1) is 18.4. The minimum absolute atomic E-state index is 0.214. The Morgan fingerprint density at radius 1 is 1.18 bits per heavy atom. The Morgan fingerprint density at radius 2 is 1.80 bits per heavy atom. The average molecular weight is 594 g/mol. The molecule has 1 spiro atoms. The predicted octanol–water partition coefficient (Wildman–Crippen LogP) is 1.90. The Kier molecular flexibility index (Phi) is 7.56. The van der Waals surface area contributed by atoms with E-state index in [1.807, 2.05) is 33.9 Å². The lowest BCUT2D eigenvalue weighted by molar-refractivity contribution is -0.0649. The molecule has 1 aromatic carbocycles. The highest BCUT2D eigenvalue weighted by atomic mass is 32.2. The zero-order chi connectivity index (χ0) is 29.8. The van der Waals surface area contributed by atoms with E-state index in [4.69, 9.17) is 23.8 Å². The molecule has 14 heteroatoms. The third-order valence-electron chi connectivity index (χ3n) is 7.80. The molecule has 2 aliphatic rings. The van der Waals surface area contributed by atoms with Gasteiger partial charge in [0.2, 0.25) is 0 Å². The van der Waals surface area contributed by atoms with Crippen LogP contribution in [0.4, 0.5) is 0 Å². The van der Waals surface area contributed by atoms with Gasteiger partial charge in [-0.05, 0) is 37.2 Å². The Balaban J connectivity index is 1.87. The second-order valence-electron chi connectivity index (χ2n) is 11.6. The van der Waals surface area contributed by atoms with Crippen LogP contribution in [0.2, 0.25) is 18.1 Å². The molecule has 0 saturated carbocycles. The van der Waals surface area contributed by atoms with Gasteiger partial charge in [-0.3, -0.25) is 13.9 Å². The van der Waals surface area contributed by atoms with Gasteiger partial charge >= 0.3 is 11.7 Å². The van der Waals surface area contributed by atoms with Gasteiger partial charge in [-0.15, -0.1) is 0 Å². The van der Waals surface area contributed by atoms with Gasteiger partial charge in [-0.1, -0.05) is 39.0 Å². The summed E-state index contributed by atoms with van der Waals surface area (Å²) in [6.07, 6.45) is -2.52. The van der Waals surface area contributed by atoms with Gasteiger partial charge in [0.25, 0.3) is 15.7 Å². The van der Waals surface area contributed by atoms with Crippen LogP contribution < -0.4 is 17.0 Å². The molecule has 218 valence electrons. The summed E-state index contributed by atoms with van der Waals surface area (Å²) >= 11 is 0. The second-order valence-corrected chi connectivity index (χ2v) is 17.7. The van der Waals surface area contributed by atoms with Crippen LogP contribution in [0.25, 0.3) is 0 Å². The number of hydrogen-bond donors (Lipinski definition) is 1. The van der Waals surface area contributed by atoms with E-state index in [0.717, 1.165) is 14.5 Å². The maximum atomic E-state index is 13.3. The highest BCUT2D eigenvalue weighted by Crippen LogP contribution is 2.51. The van der Waals surface area contributed by atoms with E-state index >= 15 is 0 Å². The third-order valence-corrected chi connectivity index (χ3v) is 13.3. The molecule has 1 unspecified atom stereocenters. The summed E-state index contributed by atoms with van der Waals surface area (Å²) < 4.78 is 51.9. The molecule has 3 heterocycles. The van der Waals surface area contributed by atoms with Crippen molar-refractivity contribution in [2.24, 2.45) is 12.8 Å². The number of hydrogen-bond acceptors (Lipinski definition) is 10. The molecule has 2 aromatic rings. The van der Waals surface area contributed by atoms with Crippen LogP contribution in [0.5, 0.6) is 0 Å². The van der Waals surface area contributed by atoms with Crippen molar-refractivity contribution < 1.29 is 31.3 Å². The molecule has 4 atom stereocenters. The van der Waals surface area contributed by atoms with E-state index in [9.17, 15) is 22.8 Å². The number of nitrogens with zero attached hydrogens (tertiary/aromatic N) is 2. The van der Waals surface area contributed by atoms with Crippen molar-refractivity contribution in [1.82, 2.24) is 9.13 Å². The number of nitrogens with two attached hydrogens (primary N) is 1. The lowest BCUT2D eigenvalue weighted by Crippen LogP contribution is -2.59. The molecule has 1 saturated heterocycles. The standard InChI is InChI=1S/C26H35N3O9SSi/c1-16-13-29(24(32)28(5)21(16)30)22-20(37-40(6,7)25(2,3)4)26(18(27)15-39(33,34)38-26)19(36-22)14-35-23(31)17-11-9-8-10-12-17/h8-13,15,19-20,22H,14,27H2,1-7H3/t19-,20+,22-,26?/m1/s1. The largest absolute Gasteiger partial charge is 0.459 e. The lowest BCUT2D eigenvalue weighted by atomic mass is 9.89. The molecular weight excluding hydrogens is 558 g/mol. The summed E-state index contributed by atoms with van der Waals surface area (Å²) in [4.78, 5) is 38.6. The van der Waals surface area contributed by atoms with Gasteiger partial charge in [0.05, 0.1) is 16.7 Å². The first-order valence-corrected chi connectivity index (χ1v) is 17.1. The van der Waals surface area contributed by atoms with Crippen LogP contribution in [-0.2, 0) is 35.2 Å². The molecule has 0 amide bonds. The number of ether oxygens (including phenoxy) is 2. The minimum Gasteiger partial charge on any atom is -0.459 e. The Morgan fingerprint density at radius 3 is 2.35 bits per heavy atom. The minimum atomic E-state index is -4.29. The molecule has 1 fully saturated rings. The van der Waals surface area contributed by atoms with Gasteiger partial charge in [0, 0.05) is 18.8 Å². The van der Waals surface area contributed by atoms with Crippen LogP contribution in [0, 0.1) is 6.92 Å². The number of benzene rings is 1. The fourth-order valence-corrected chi connectivity index (χ4v) is 7.05. The van der Waals surface area contributed by atoms with Crippen LogP contribution in [0.3, 0.4) is 0 Å². The second kappa shape index (κ2) is 10.1. The highest BCUT2D eigenvalue weighted by Gasteiger charge is 2.67. The molecule has 12 nitrogen and oxygen atoms in total. The molecule has 1 aromatic heterocycles. The first-order valence-electron chi connectivity index (χ1n) is 12.7. The summed E-state index contributed by atoms with van der Waals surface area (Å²) in [6.45, 7) is 10.9. The summed E-state index contributed by atoms with van der Waals surface area (Å²) in [7, 11) is -5.69. The molecule has 0 bridgehead atoms. The maximum absolute atomic E-state index is 13.3. The molecule has 0 aliphatic carbocycles. The van der Waals surface area contributed by atoms with Crippen LogP contribution in [0.15, 0.2) is 57.2 Å². The number of carbonyl (C=O) groups is 1. The van der Waals surface area contributed by atoms with Gasteiger partial charge in [0.15, 0.2) is 20.1 Å². The van der Waals surface area contributed by atoms with Crippen molar-refractivity contribution in [3.63, 3.8) is 0 Å². The van der Waals surface area contributed by atoms with E-state index in [-0.39, 0.29) is 21.9 Å². The summed E-state index contributed by atoms with van der Waals surface area (Å²) in [5, 5.41) is 0.429. The van der Waals surface area contributed by atoms with E-state index in [1.165, 1.54) is 20.2 Å². The number of rotatable bonds is 6. The zero-order valence-electron chi connectivity index (χ0n) is 23.5. The van der Waals surface area contributed by atoms with E-state index in [0.29, 0.717) is 0 Å². The Hall–Kier alpha value is -3.04. The molecular formula is C26H35N3O9SSi. The van der Waals surface area contributed by atoms with Crippen molar-refractivity contribution in [2.45, 2.75) is 69.9 Å². The maximum Gasteiger partial charge on any atom is 0.338 e. The van der Waals surface area contributed by atoms with Crippen molar-refractivity contribution in [3.8, 4) is 0 Å². The van der Waals surface area contributed by atoms with Crippen molar-refractivity contribution in [3.05, 3.63) is 79.6 Å². The normalized spacial score (nSPS) is 26.2. The summed E-state index contributed by atoms with van der Waals surface area (Å²) in [5.41, 5.74) is 3.50. The third kappa shape index (κ3) is 5.09. The van der Waals surface area contributed by atoms with Gasteiger partial charge in [-0.2, -0.15) is 8.42 Å². The number of aryl methyl sites for hydroxylation is 1. The zero-order valence-corrected chi connectivity index (χ0v) is 25.4. The molecule has 4 rings (SSSR count). The van der Waals surface area contributed by atoms with Gasteiger partial charge < -0.3 is 19.6 Å². The van der Waals surface area contributed by atoms with Crippen LogP contribution in [-0.4, -0.2) is 56.3 Å². The van der Waals surface area contributed by atoms with Gasteiger partial charge in [0.1, 0.15) is 18.8 Å². The number of aromatic nitrogens is 2. The Labute approximate surface area is 233 Å². The van der Waals surface area contributed by atoms with Crippen LogP contribution >= 0.6 is 0 Å². The fourth-order valence-electron chi connectivity index (χ4n) is 4.55. The van der Waals surface area contributed by atoms with Crippen molar-refractivity contribution in [2.75, 3.05) is 6.61 Å². The highest BCUT2D eigenvalue weighted by molar-refractivity contribution is 7.90. The topological polar surface area (TPSA) is 158 Å². The molecule has 0 radical (unpaired) electrons. The summed E-state index contributed by atoms with van der Waals surface area (Å²) in [5.74, 6) is -0.678. The van der Waals surface area contributed by atoms with E-state index in [2.05, 4.69) is 0 Å². The quantitative estimate of drug-likeness (QED) is 0.298. The smallest absolute Gasteiger partial charge is 0.338 e. The monoisotopic (exact) mass is 593 g/mol. The number of esters is 1.